The van der Waals surface area contributed by atoms with Gasteiger partial charge in [0.2, 0.25) is 15.9 Å². The molecule has 1 amide bonds. The first-order valence-corrected chi connectivity index (χ1v) is 14.3. The van der Waals surface area contributed by atoms with Gasteiger partial charge < -0.3 is 9.80 Å². The molecule has 1 aromatic carbocycles. The molecule has 2 aliphatic heterocycles. The van der Waals surface area contributed by atoms with Gasteiger partial charge in [-0.05, 0) is 37.0 Å². The maximum atomic E-state index is 14.2. The summed E-state index contributed by atoms with van der Waals surface area (Å²) in [6.45, 7) is 0.633. The van der Waals surface area contributed by atoms with Crippen molar-refractivity contribution in [1.82, 2.24) is 23.8 Å². The fourth-order valence-corrected chi connectivity index (χ4v) is 6.37. The van der Waals surface area contributed by atoms with Crippen molar-refractivity contribution in [2.24, 2.45) is 5.92 Å². The lowest BCUT2D eigenvalue weighted by molar-refractivity contribution is -0.190. The van der Waals surface area contributed by atoms with Crippen LogP contribution in [0.3, 0.4) is 0 Å². The number of aromatic nitrogens is 3. The molecule has 0 radical (unpaired) electrons. The third-order valence-electron chi connectivity index (χ3n) is 7.15. The zero-order valence-electron chi connectivity index (χ0n) is 20.7. The number of aryl methyl sites for hydroxylation is 1. The number of rotatable bonds is 5. The van der Waals surface area contributed by atoms with E-state index in [-0.39, 0.29) is 25.1 Å². The Balaban J connectivity index is 1.40. The third kappa shape index (κ3) is 4.94. The molecule has 0 N–H and O–H groups in total. The number of hydrogen-bond acceptors (Lipinski definition) is 6. The van der Waals surface area contributed by atoms with Crippen LogP contribution in [0.5, 0.6) is 0 Å². The number of nitrogens with zero attached hydrogens (tertiary/aromatic N) is 6. The van der Waals surface area contributed by atoms with E-state index in [0.29, 0.717) is 27.9 Å². The fraction of sp³-hybridized carbons (Fsp3) is 0.458. The normalized spacial score (nSPS) is 19.5. The van der Waals surface area contributed by atoms with Gasteiger partial charge in [0, 0.05) is 38.4 Å². The molecule has 2 aliphatic rings. The molecule has 38 heavy (non-hydrogen) atoms. The Bertz CT molecular complexity index is 1480. The minimum Gasteiger partial charge on any atom is -0.339 e. The first-order valence-electron chi connectivity index (χ1n) is 12.0. The maximum absolute atomic E-state index is 14.2. The molecule has 1 saturated heterocycles. The SMILES string of the molecule is CN(C(=O)[C@@H]1CCN(S(C)(=O)=O)C1)[C@@H](c1ccc(N2CCCc3c2cnc2cc(Cl)nn32)cc1)C(F)(F)F. The molecule has 5 rings (SSSR count). The average molecular weight is 571 g/mol. The van der Waals surface area contributed by atoms with Crippen LogP contribution in [0.1, 0.15) is 30.1 Å². The summed E-state index contributed by atoms with van der Waals surface area (Å²) in [5.74, 6) is -1.57. The van der Waals surface area contributed by atoms with Crippen molar-refractivity contribution >= 4 is 44.6 Å². The van der Waals surface area contributed by atoms with E-state index in [1.807, 2.05) is 4.90 Å². The number of benzene rings is 1. The fourth-order valence-electron chi connectivity index (χ4n) is 5.31. The molecule has 1 fully saturated rings. The Morgan fingerprint density at radius 1 is 1.21 bits per heavy atom. The van der Waals surface area contributed by atoms with Crippen molar-refractivity contribution in [1.29, 1.82) is 0 Å². The second-order valence-electron chi connectivity index (χ2n) is 9.67. The van der Waals surface area contributed by atoms with Gasteiger partial charge in [-0.3, -0.25) is 4.79 Å². The van der Waals surface area contributed by atoms with Crippen LogP contribution in [0.25, 0.3) is 5.65 Å². The predicted molar refractivity (Wildman–Crippen MR) is 136 cm³/mol. The monoisotopic (exact) mass is 570 g/mol. The number of hydrogen-bond donors (Lipinski definition) is 0. The molecule has 2 aromatic heterocycles. The quantitative estimate of drug-likeness (QED) is 0.463. The van der Waals surface area contributed by atoms with Gasteiger partial charge in [0.1, 0.15) is 0 Å². The van der Waals surface area contributed by atoms with Crippen LogP contribution >= 0.6 is 11.6 Å². The van der Waals surface area contributed by atoms with E-state index in [2.05, 4.69) is 10.1 Å². The maximum Gasteiger partial charge on any atom is 0.413 e. The van der Waals surface area contributed by atoms with Crippen molar-refractivity contribution in [3.05, 3.63) is 52.9 Å². The number of alkyl halides is 3. The standard InChI is InChI=1S/C24H26ClF3N6O3S/c1-31(23(35)16-9-11-32(14-16)38(2,36)37)22(24(26,27)28)15-5-7-17(8-6-15)33-10-3-4-18-19(33)13-29-21-12-20(25)30-34(18)21/h5-8,12-13,16,22H,3-4,9-11,14H2,1-2H3/t16-,22+/m1/s1. The number of halogens is 4. The van der Waals surface area contributed by atoms with E-state index in [1.165, 1.54) is 12.1 Å². The molecule has 3 aromatic rings. The minimum absolute atomic E-state index is 0.0836. The van der Waals surface area contributed by atoms with Gasteiger partial charge in [0.05, 0.1) is 29.8 Å². The minimum atomic E-state index is -4.73. The lowest BCUT2D eigenvalue weighted by Crippen LogP contribution is -2.43. The van der Waals surface area contributed by atoms with Gasteiger partial charge in [-0.15, -0.1) is 0 Å². The molecular weight excluding hydrogens is 545 g/mol. The Morgan fingerprint density at radius 3 is 2.55 bits per heavy atom. The Morgan fingerprint density at radius 2 is 1.92 bits per heavy atom. The number of fused-ring (bicyclic) bond motifs is 3. The highest BCUT2D eigenvalue weighted by molar-refractivity contribution is 7.88. The summed E-state index contributed by atoms with van der Waals surface area (Å²) in [6.07, 6.45) is -0.262. The van der Waals surface area contributed by atoms with Crippen LogP contribution < -0.4 is 4.90 Å². The summed E-state index contributed by atoms with van der Waals surface area (Å²) in [6, 6.07) is 5.44. The van der Waals surface area contributed by atoms with E-state index < -0.39 is 34.1 Å². The summed E-state index contributed by atoms with van der Waals surface area (Å²) >= 11 is 6.04. The number of carbonyl (C=O) groups excluding carboxylic acids is 1. The highest BCUT2D eigenvalue weighted by atomic mass is 35.5. The van der Waals surface area contributed by atoms with Crippen LogP contribution in [0.15, 0.2) is 36.5 Å². The molecular formula is C24H26ClF3N6O3S. The summed E-state index contributed by atoms with van der Waals surface area (Å²) < 4.78 is 69.1. The Kier molecular flexibility index (Phi) is 6.81. The zero-order chi connectivity index (χ0) is 27.4. The first-order chi connectivity index (χ1) is 17.8. The lowest BCUT2D eigenvalue weighted by atomic mass is 10.0. The van der Waals surface area contributed by atoms with Gasteiger partial charge in [0.25, 0.3) is 0 Å². The second kappa shape index (κ2) is 9.69. The largest absolute Gasteiger partial charge is 0.413 e. The number of sulfonamides is 1. The summed E-state index contributed by atoms with van der Waals surface area (Å²) in [7, 11) is -2.41. The number of anilines is 2. The second-order valence-corrected chi connectivity index (χ2v) is 12.0. The van der Waals surface area contributed by atoms with E-state index >= 15 is 0 Å². The molecule has 2 atom stereocenters. The van der Waals surface area contributed by atoms with Gasteiger partial charge >= 0.3 is 6.18 Å². The first kappa shape index (κ1) is 26.7. The van der Waals surface area contributed by atoms with E-state index in [9.17, 15) is 26.4 Å². The summed E-state index contributed by atoms with van der Waals surface area (Å²) in [4.78, 5) is 20.1. The molecule has 0 spiro atoms. The molecule has 0 saturated carbocycles. The van der Waals surface area contributed by atoms with Crippen LogP contribution in [0.4, 0.5) is 24.5 Å². The number of carbonyl (C=O) groups is 1. The van der Waals surface area contributed by atoms with Crippen molar-refractivity contribution in [3.63, 3.8) is 0 Å². The highest BCUT2D eigenvalue weighted by Crippen LogP contribution is 2.40. The van der Waals surface area contributed by atoms with Crippen LogP contribution in [0, 0.1) is 5.92 Å². The molecule has 14 heteroatoms. The highest BCUT2D eigenvalue weighted by Gasteiger charge is 2.47. The van der Waals surface area contributed by atoms with Gasteiger partial charge in [-0.1, -0.05) is 23.7 Å². The van der Waals surface area contributed by atoms with Gasteiger partial charge in [0.15, 0.2) is 16.8 Å². The summed E-state index contributed by atoms with van der Waals surface area (Å²) in [5.41, 5.74) is 2.93. The van der Waals surface area contributed by atoms with Crippen molar-refractivity contribution < 1.29 is 26.4 Å². The van der Waals surface area contributed by atoms with Crippen molar-refractivity contribution in [3.8, 4) is 0 Å². The lowest BCUT2D eigenvalue weighted by Gasteiger charge is -2.33. The predicted octanol–water partition coefficient (Wildman–Crippen LogP) is 3.81. The topological polar surface area (TPSA) is 91.1 Å². The molecule has 4 heterocycles. The van der Waals surface area contributed by atoms with E-state index in [4.69, 9.17) is 11.6 Å². The Hall–Kier alpha value is -2.90. The molecule has 0 aliphatic carbocycles. The van der Waals surface area contributed by atoms with Crippen LogP contribution in [-0.4, -0.2) is 77.2 Å². The Labute approximate surface area is 222 Å². The molecule has 204 valence electrons. The van der Waals surface area contributed by atoms with Gasteiger partial charge in [-0.25, -0.2) is 22.2 Å². The van der Waals surface area contributed by atoms with E-state index in [1.54, 1.807) is 28.9 Å². The van der Waals surface area contributed by atoms with Crippen LogP contribution in [0.2, 0.25) is 5.15 Å². The number of amides is 1. The van der Waals surface area contributed by atoms with Crippen molar-refractivity contribution in [2.45, 2.75) is 31.5 Å². The van der Waals surface area contributed by atoms with E-state index in [0.717, 1.165) is 41.8 Å². The molecule has 9 nitrogen and oxygen atoms in total. The molecule has 0 bridgehead atoms. The summed E-state index contributed by atoms with van der Waals surface area (Å²) in [5, 5.41) is 4.62. The average Bonchev–Trinajstić information content (AvgIpc) is 3.49. The third-order valence-corrected chi connectivity index (χ3v) is 8.61. The van der Waals surface area contributed by atoms with Gasteiger partial charge in [-0.2, -0.15) is 18.3 Å². The smallest absolute Gasteiger partial charge is 0.339 e. The van der Waals surface area contributed by atoms with Crippen LogP contribution in [-0.2, 0) is 21.2 Å². The van der Waals surface area contributed by atoms with Crippen molar-refractivity contribution in [2.75, 3.05) is 37.8 Å². The zero-order valence-corrected chi connectivity index (χ0v) is 22.3. The molecule has 0 unspecified atom stereocenters.